The minimum Gasteiger partial charge on any atom is -0.0990 e. The van der Waals surface area contributed by atoms with E-state index in [1.54, 1.807) is 6.08 Å². The minimum atomic E-state index is 1.08. The molecule has 25 heavy (non-hydrogen) atoms. The van der Waals surface area contributed by atoms with Gasteiger partial charge in [-0.1, -0.05) is 104 Å². The number of hydrogen-bond donors (Lipinski definition) is 0. The van der Waals surface area contributed by atoms with Gasteiger partial charge in [0.25, 0.3) is 0 Å². The van der Waals surface area contributed by atoms with Crippen molar-refractivity contribution in [3.05, 3.63) is 115 Å². The first-order chi connectivity index (χ1) is 12.2. The van der Waals surface area contributed by atoms with Gasteiger partial charge < -0.3 is 0 Å². The van der Waals surface area contributed by atoms with E-state index in [9.17, 15) is 0 Å². The average molecular weight is 322 g/mol. The van der Waals surface area contributed by atoms with Gasteiger partial charge in [-0.05, 0) is 46.4 Å². The number of allylic oxidation sites excluding steroid dienone is 4. The van der Waals surface area contributed by atoms with Crippen molar-refractivity contribution >= 4 is 5.57 Å². The lowest BCUT2D eigenvalue weighted by Gasteiger charge is -2.08. The average Bonchev–Trinajstić information content (AvgIpc) is 2.66. The molecule has 0 aromatic heterocycles. The Balaban J connectivity index is 1.94. The molecular weight excluding hydrogens is 300 g/mol. The van der Waals surface area contributed by atoms with E-state index in [1.165, 1.54) is 27.8 Å². The fourth-order valence-electron chi connectivity index (χ4n) is 2.97. The lowest BCUT2D eigenvalue weighted by atomic mass is 9.96. The molecule has 0 heteroatoms. The Bertz CT molecular complexity index is 924. The highest BCUT2D eigenvalue weighted by Crippen LogP contribution is 2.27. The molecule has 0 amide bonds. The summed E-state index contributed by atoms with van der Waals surface area (Å²) in [5.74, 6) is 0. The summed E-state index contributed by atoms with van der Waals surface area (Å²) in [4.78, 5) is 0. The summed E-state index contributed by atoms with van der Waals surface area (Å²) in [6.07, 6.45) is 5.63. The second-order valence-corrected chi connectivity index (χ2v) is 6.09. The quantitative estimate of drug-likeness (QED) is 0.440. The van der Waals surface area contributed by atoms with E-state index >= 15 is 0 Å². The van der Waals surface area contributed by atoms with Crippen LogP contribution in [0, 0.1) is 6.92 Å². The molecule has 0 saturated heterocycles. The molecule has 3 aromatic rings. The number of aryl methyl sites for hydroxylation is 1. The molecule has 122 valence electrons. The van der Waals surface area contributed by atoms with Gasteiger partial charge in [0.2, 0.25) is 0 Å². The smallest absolute Gasteiger partial charge is 0.0178 e. The molecule has 3 aromatic carbocycles. The van der Waals surface area contributed by atoms with Crippen molar-refractivity contribution in [2.24, 2.45) is 0 Å². The molecule has 0 N–H and O–H groups in total. The van der Waals surface area contributed by atoms with Crippen LogP contribution in [0.25, 0.3) is 27.8 Å². The van der Waals surface area contributed by atoms with Crippen LogP contribution in [0.2, 0.25) is 0 Å². The molecule has 3 rings (SSSR count). The summed E-state index contributed by atoms with van der Waals surface area (Å²) in [5.41, 5.74) is 8.40. The molecule has 0 heterocycles. The monoisotopic (exact) mass is 322 g/mol. The van der Waals surface area contributed by atoms with Crippen LogP contribution >= 0.6 is 0 Å². The van der Waals surface area contributed by atoms with Gasteiger partial charge in [0.15, 0.2) is 0 Å². The van der Waals surface area contributed by atoms with E-state index in [4.69, 9.17) is 0 Å². The van der Waals surface area contributed by atoms with Crippen molar-refractivity contribution in [1.82, 2.24) is 0 Å². The highest BCUT2D eigenvalue weighted by molar-refractivity contribution is 5.79. The Morgan fingerprint density at radius 1 is 0.720 bits per heavy atom. The van der Waals surface area contributed by atoms with E-state index in [2.05, 4.69) is 92.9 Å². The third-order valence-corrected chi connectivity index (χ3v) is 4.28. The normalized spacial score (nSPS) is 11.2. The summed E-state index contributed by atoms with van der Waals surface area (Å²) < 4.78 is 0. The molecule has 0 aliphatic carbocycles. The highest BCUT2D eigenvalue weighted by atomic mass is 14.1. The van der Waals surface area contributed by atoms with E-state index in [0.29, 0.717) is 0 Å². The van der Waals surface area contributed by atoms with Crippen LogP contribution < -0.4 is 0 Å². The lowest BCUT2D eigenvalue weighted by molar-refractivity contribution is 1.47. The summed E-state index contributed by atoms with van der Waals surface area (Å²) in [6, 6.07) is 25.8. The summed E-state index contributed by atoms with van der Waals surface area (Å²) >= 11 is 0. The van der Waals surface area contributed by atoms with Crippen molar-refractivity contribution in [3.63, 3.8) is 0 Å². The Kier molecular flexibility index (Phi) is 5.11. The first kappa shape index (κ1) is 16.7. The predicted molar refractivity (Wildman–Crippen MR) is 110 cm³/mol. The van der Waals surface area contributed by atoms with Crippen LogP contribution in [0.4, 0.5) is 0 Å². The van der Waals surface area contributed by atoms with Gasteiger partial charge in [-0.15, -0.1) is 0 Å². The Labute approximate surface area is 150 Å². The molecule has 0 aliphatic heterocycles. The van der Waals surface area contributed by atoms with E-state index in [1.807, 2.05) is 12.2 Å². The molecule has 0 atom stereocenters. The summed E-state index contributed by atoms with van der Waals surface area (Å²) in [6.45, 7) is 9.79. The largest absolute Gasteiger partial charge is 0.0990 e. The Hall–Kier alpha value is -3.12. The van der Waals surface area contributed by atoms with E-state index in [0.717, 1.165) is 11.1 Å². The van der Waals surface area contributed by atoms with Gasteiger partial charge in [-0.3, -0.25) is 0 Å². The topological polar surface area (TPSA) is 0 Å². The van der Waals surface area contributed by atoms with Gasteiger partial charge in [0.05, 0.1) is 0 Å². The Morgan fingerprint density at radius 2 is 1.32 bits per heavy atom. The molecule has 0 unspecified atom stereocenters. The van der Waals surface area contributed by atoms with E-state index < -0.39 is 0 Å². The molecule has 0 aliphatic rings. The summed E-state index contributed by atoms with van der Waals surface area (Å²) in [5, 5.41) is 0. The van der Waals surface area contributed by atoms with Crippen LogP contribution in [-0.4, -0.2) is 0 Å². The lowest BCUT2D eigenvalue weighted by Crippen LogP contribution is -1.84. The predicted octanol–water partition coefficient (Wildman–Crippen LogP) is 7.08. The third kappa shape index (κ3) is 3.87. The zero-order valence-electron chi connectivity index (χ0n) is 14.6. The second-order valence-electron chi connectivity index (χ2n) is 6.09. The summed E-state index contributed by atoms with van der Waals surface area (Å²) in [7, 11) is 0. The number of benzene rings is 3. The molecule has 0 radical (unpaired) electrons. The maximum absolute atomic E-state index is 3.89. The van der Waals surface area contributed by atoms with Gasteiger partial charge >= 0.3 is 0 Å². The number of rotatable bonds is 5. The third-order valence-electron chi connectivity index (χ3n) is 4.28. The standard InChI is InChI=1S/C25H22/c1-4-8-20(5-2)24-11-7-12-25(18-24)22-15-13-21(14-16-22)23-10-6-9-19(3)17-23/h4-18H,1-2H2,3H3/b20-8+. The van der Waals surface area contributed by atoms with Crippen molar-refractivity contribution in [3.8, 4) is 22.3 Å². The second kappa shape index (κ2) is 7.63. The van der Waals surface area contributed by atoms with Gasteiger partial charge in [-0.2, -0.15) is 0 Å². The van der Waals surface area contributed by atoms with Crippen LogP contribution in [0.5, 0.6) is 0 Å². The molecule has 0 nitrogen and oxygen atoms in total. The molecule has 0 fully saturated rings. The van der Waals surface area contributed by atoms with Gasteiger partial charge in [0, 0.05) is 0 Å². The van der Waals surface area contributed by atoms with Crippen molar-refractivity contribution in [2.45, 2.75) is 6.92 Å². The first-order valence-corrected chi connectivity index (χ1v) is 8.44. The fraction of sp³-hybridized carbons (Fsp3) is 0.0400. The van der Waals surface area contributed by atoms with Gasteiger partial charge in [-0.25, -0.2) is 0 Å². The van der Waals surface area contributed by atoms with Crippen LogP contribution in [0.15, 0.2) is 104 Å². The van der Waals surface area contributed by atoms with Crippen LogP contribution in [0.1, 0.15) is 11.1 Å². The Morgan fingerprint density at radius 3 is 1.88 bits per heavy atom. The fourth-order valence-corrected chi connectivity index (χ4v) is 2.97. The van der Waals surface area contributed by atoms with Crippen molar-refractivity contribution in [1.29, 1.82) is 0 Å². The van der Waals surface area contributed by atoms with Gasteiger partial charge in [0.1, 0.15) is 0 Å². The van der Waals surface area contributed by atoms with Crippen molar-refractivity contribution < 1.29 is 0 Å². The molecular formula is C25H22. The SMILES string of the molecule is C=C/C=C(\C=C)c1cccc(-c2ccc(-c3cccc(C)c3)cc2)c1. The zero-order valence-corrected chi connectivity index (χ0v) is 14.6. The zero-order chi connectivity index (χ0) is 17.6. The maximum atomic E-state index is 3.89. The van der Waals surface area contributed by atoms with E-state index in [-0.39, 0.29) is 0 Å². The first-order valence-electron chi connectivity index (χ1n) is 8.44. The van der Waals surface area contributed by atoms with Crippen molar-refractivity contribution in [2.75, 3.05) is 0 Å². The van der Waals surface area contributed by atoms with Crippen LogP contribution in [0.3, 0.4) is 0 Å². The maximum Gasteiger partial charge on any atom is -0.0178 e. The number of hydrogen-bond acceptors (Lipinski definition) is 0. The highest BCUT2D eigenvalue weighted by Gasteiger charge is 2.03. The molecule has 0 spiro atoms. The van der Waals surface area contributed by atoms with Crippen LogP contribution in [-0.2, 0) is 0 Å². The minimum absolute atomic E-state index is 1.08. The molecule has 0 saturated carbocycles. The molecule has 0 bridgehead atoms.